The molecule has 1 fully saturated rings. The van der Waals surface area contributed by atoms with Crippen molar-refractivity contribution >= 4 is 17.4 Å². The van der Waals surface area contributed by atoms with Gasteiger partial charge in [0.05, 0.1) is 19.8 Å². The van der Waals surface area contributed by atoms with E-state index >= 15 is 0 Å². The lowest BCUT2D eigenvalue weighted by atomic mass is 10.0. The Morgan fingerprint density at radius 3 is 2.18 bits per heavy atom. The molecule has 1 aliphatic carbocycles. The van der Waals surface area contributed by atoms with Crippen LogP contribution in [0, 0.1) is 0 Å². The maximum Gasteiger partial charge on any atom is 0.278 e. The first kappa shape index (κ1) is 22.9. The number of hydrogen-bond donors (Lipinski definition) is 0. The molecule has 0 aromatic heterocycles. The minimum absolute atomic E-state index is 0.0507. The van der Waals surface area contributed by atoms with Gasteiger partial charge in [-0.1, -0.05) is 62.1 Å². The first-order valence-electron chi connectivity index (χ1n) is 11.6. The molecule has 0 atom stereocenters. The van der Waals surface area contributed by atoms with Crippen molar-refractivity contribution in [3.63, 3.8) is 0 Å². The monoisotopic (exact) mass is 448 g/mol. The maximum absolute atomic E-state index is 13.8. The summed E-state index contributed by atoms with van der Waals surface area (Å²) < 4.78 is 10.9. The standard InChI is InChI=1S/C27H32N2O4/c1-28(18-19-11-7-6-8-12-19)25-24(20-15-16-22(32-2)23(17-20)33-3)26(30)29(27(25)31)21-13-9-4-5-10-14-21/h6-8,11-12,15-17,21H,4-5,9-10,13-14,18H2,1-3H3. The van der Waals surface area contributed by atoms with Crippen LogP contribution in [-0.2, 0) is 16.1 Å². The van der Waals surface area contributed by atoms with Gasteiger partial charge in [-0.05, 0) is 36.1 Å². The predicted octanol–water partition coefficient (Wildman–Crippen LogP) is 4.64. The summed E-state index contributed by atoms with van der Waals surface area (Å²) in [4.78, 5) is 31.0. The van der Waals surface area contributed by atoms with E-state index in [0.717, 1.165) is 44.1 Å². The topological polar surface area (TPSA) is 59.1 Å². The molecule has 1 aliphatic heterocycles. The van der Waals surface area contributed by atoms with Gasteiger partial charge < -0.3 is 14.4 Å². The summed E-state index contributed by atoms with van der Waals surface area (Å²) in [5, 5.41) is 0. The largest absolute Gasteiger partial charge is 0.493 e. The van der Waals surface area contributed by atoms with Gasteiger partial charge in [0, 0.05) is 19.6 Å². The van der Waals surface area contributed by atoms with Crippen LogP contribution in [0.15, 0.2) is 54.2 Å². The van der Waals surface area contributed by atoms with Crippen LogP contribution in [0.2, 0.25) is 0 Å². The predicted molar refractivity (Wildman–Crippen MR) is 128 cm³/mol. The Labute approximate surface area is 195 Å². The van der Waals surface area contributed by atoms with Crippen LogP contribution >= 0.6 is 0 Å². The fourth-order valence-electron chi connectivity index (χ4n) is 4.93. The van der Waals surface area contributed by atoms with Crippen LogP contribution in [0.3, 0.4) is 0 Å². The van der Waals surface area contributed by atoms with Crippen molar-refractivity contribution in [1.29, 1.82) is 0 Å². The Morgan fingerprint density at radius 1 is 0.879 bits per heavy atom. The molecule has 0 spiro atoms. The van der Waals surface area contributed by atoms with E-state index in [1.807, 2.05) is 48.3 Å². The highest BCUT2D eigenvalue weighted by atomic mass is 16.5. The second-order valence-corrected chi connectivity index (χ2v) is 8.76. The Balaban J connectivity index is 1.77. The number of methoxy groups -OCH3 is 2. The zero-order valence-corrected chi connectivity index (χ0v) is 19.7. The van der Waals surface area contributed by atoms with E-state index in [0.29, 0.717) is 34.9 Å². The van der Waals surface area contributed by atoms with E-state index in [2.05, 4.69) is 0 Å². The highest BCUT2D eigenvalue weighted by Crippen LogP contribution is 2.38. The molecule has 174 valence electrons. The summed E-state index contributed by atoms with van der Waals surface area (Å²) in [5.41, 5.74) is 2.62. The maximum atomic E-state index is 13.8. The van der Waals surface area contributed by atoms with Gasteiger partial charge in [0.1, 0.15) is 5.70 Å². The molecule has 2 amide bonds. The van der Waals surface area contributed by atoms with Crippen LogP contribution in [0.25, 0.3) is 5.57 Å². The molecule has 0 N–H and O–H groups in total. The van der Waals surface area contributed by atoms with Crippen LogP contribution in [0.5, 0.6) is 11.5 Å². The fraction of sp³-hybridized carbons (Fsp3) is 0.407. The molecular formula is C27H32N2O4. The van der Waals surface area contributed by atoms with Crippen molar-refractivity contribution in [3.8, 4) is 11.5 Å². The van der Waals surface area contributed by atoms with Gasteiger partial charge in [0.15, 0.2) is 11.5 Å². The molecule has 6 heteroatoms. The van der Waals surface area contributed by atoms with E-state index in [1.165, 1.54) is 4.90 Å². The Bertz CT molecular complexity index is 1040. The quantitative estimate of drug-likeness (QED) is 0.456. The molecule has 2 aromatic carbocycles. The number of nitrogens with zero attached hydrogens (tertiary/aromatic N) is 2. The van der Waals surface area contributed by atoms with E-state index in [-0.39, 0.29) is 17.9 Å². The Morgan fingerprint density at radius 2 is 1.55 bits per heavy atom. The number of imide groups is 1. The minimum atomic E-state index is -0.214. The third kappa shape index (κ3) is 4.61. The first-order chi connectivity index (χ1) is 16.0. The minimum Gasteiger partial charge on any atom is -0.493 e. The summed E-state index contributed by atoms with van der Waals surface area (Å²) >= 11 is 0. The van der Waals surface area contributed by atoms with Gasteiger partial charge in [-0.3, -0.25) is 14.5 Å². The van der Waals surface area contributed by atoms with Gasteiger partial charge in [0.25, 0.3) is 11.8 Å². The number of amides is 2. The van der Waals surface area contributed by atoms with Gasteiger partial charge >= 0.3 is 0 Å². The highest BCUT2D eigenvalue weighted by Gasteiger charge is 2.44. The third-order valence-electron chi connectivity index (χ3n) is 6.60. The number of rotatable bonds is 7. The van der Waals surface area contributed by atoms with Crippen molar-refractivity contribution < 1.29 is 19.1 Å². The van der Waals surface area contributed by atoms with Gasteiger partial charge in [-0.2, -0.15) is 0 Å². The summed E-state index contributed by atoms with van der Waals surface area (Å²) in [7, 11) is 5.02. The molecule has 6 nitrogen and oxygen atoms in total. The summed E-state index contributed by atoms with van der Waals surface area (Å²) in [6.45, 7) is 0.532. The number of carbonyl (C=O) groups excluding carboxylic acids is 2. The SMILES string of the molecule is COc1ccc(C2=C(N(C)Cc3ccccc3)C(=O)N(C3CCCCCC3)C2=O)cc1OC. The molecular weight excluding hydrogens is 416 g/mol. The molecule has 1 saturated carbocycles. The molecule has 0 radical (unpaired) electrons. The van der Waals surface area contributed by atoms with E-state index in [1.54, 1.807) is 26.4 Å². The van der Waals surface area contributed by atoms with Gasteiger partial charge in [0.2, 0.25) is 0 Å². The van der Waals surface area contributed by atoms with Gasteiger partial charge in [-0.25, -0.2) is 0 Å². The molecule has 0 saturated heterocycles. The van der Waals surface area contributed by atoms with Crippen LogP contribution in [0.1, 0.15) is 49.7 Å². The van der Waals surface area contributed by atoms with Crippen molar-refractivity contribution in [2.24, 2.45) is 0 Å². The van der Waals surface area contributed by atoms with Gasteiger partial charge in [-0.15, -0.1) is 0 Å². The Hall–Kier alpha value is -3.28. The summed E-state index contributed by atoms with van der Waals surface area (Å²) in [5.74, 6) is 0.698. The molecule has 33 heavy (non-hydrogen) atoms. The zero-order chi connectivity index (χ0) is 23.4. The summed E-state index contributed by atoms with van der Waals surface area (Å²) in [6, 6.07) is 15.3. The molecule has 0 bridgehead atoms. The average Bonchev–Trinajstić information content (AvgIpc) is 2.98. The summed E-state index contributed by atoms with van der Waals surface area (Å²) in [6.07, 6.45) is 6.14. The molecule has 2 aliphatic rings. The molecule has 2 aromatic rings. The van der Waals surface area contributed by atoms with Crippen molar-refractivity contribution in [2.75, 3.05) is 21.3 Å². The van der Waals surface area contributed by atoms with Crippen molar-refractivity contribution in [3.05, 3.63) is 65.4 Å². The fourth-order valence-corrected chi connectivity index (χ4v) is 4.93. The lowest BCUT2D eigenvalue weighted by Gasteiger charge is -2.27. The second-order valence-electron chi connectivity index (χ2n) is 8.76. The number of benzene rings is 2. The van der Waals surface area contributed by atoms with Crippen molar-refractivity contribution in [1.82, 2.24) is 9.80 Å². The lowest BCUT2D eigenvalue weighted by Crippen LogP contribution is -2.42. The normalized spacial score (nSPS) is 17.4. The second kappa shape index (κ2) is 10.1. The molecule has 0 unspecified atom stereocenters. The van der Waals surface area contributed by atoms with E-state index < -0.39 is 0 Å². The van der Waals surface area contributed by atoms with E-state index in [9.17, 15) is 9.59 Å². The van der Waals surface area contributed by atoms with Crippen molar-refractivity contribution in [2.45, 2.75) is 51.1 Å². The third-order valence-corrected chi connectivity index (χ3v) is 6.60. The average molecular weight is 449 g/mol. The first-order valence-corrected chi connectivity index (χ1v) is 11.6. The smallest absolute Gasteiger partial charge is 0.278 e. The number of hydrogen-bond acceptors (Lipinski definition) is 5. The highest BCUT2D eigenvalue weighted by molar-refractivity contribution is 6.35. The zero-order valence-electron chi connectivity index (χ0n) is 19.7. The molecule has 1 heterocycles. The number of ether oxygens (including phenoxy) is 2. The van der Waals surface area contributed by atoms with Crippen LogP contribution < -0.4 is 9.47 Å². The van der Waals surface area contributed by atoms with Crippen LogP contribution in [-0.4, -0.2) is 48.9 Å². The van der Waals surface area contributed by atoms with E-state index in [4.69, 9.17) is 9.47 Å². The number of likely N-dealkylation sites (N-methyl/N-ethyl adjacent to an activating group) is 1. The van der Waals surface area contributed by atoms with Crippen LogP contribution in [0.4, 0.5) is 0 Å². The molecule has 4 rings (SSSR count). The Kier molecular flexibility index (Phi) is 7.02. The lowest BCUT2D eigenvalue weighted by molar-refractivity contribution is -0.140. The number of carbonyl (C=O) groups is 2.